The Morgan fingerprint density at radius 3 is 1.48 bits per heavy atom. The van der Waals surface area contributed by atoms with Crippen molar-refractivity contribution < 1.29 is 0 Å². The predicted molar refractivity (Wildman–Crippen MR) is 96.9 cm³/mol. The van der Waals surface area contributed by atoms with E-state index in [1.807, 2.05) is 0 Å². The van der Waals surface area contributed by atoms with Gasteiger partial charge in [-0.2, -0.15) is 0 Å². The second-order valence-electron chi connectivity index (χ2n) is 7.12. The van der Waals surface area contributed by atoms with Gasteiger partial charge in [0.15, 0.2) is 0 Å². The van der Waals surface area contributed by atoms with Crippen molar-refractivity contribution in [2.45, 2.75) is 39.3 Å². The van der Waals surface area contributed by atoms with E-state index in [1.165, 1.54) is 0 Å². The van der Waals surface area contributed by atoms with Crippen LogP contribution in [0.15, 0.2) is 12.1 Å². The maximum absolute atomic E-state index is 4.56. The van der Waals surface area contributed by atoms with Gasteiger partial charge >= 0.3 is 136 Å². The molecule has 0 amide bonds. The van der Waals surface area contributed by atoms with Crippen molar-refractivity contribution in [3.8, 4) is 22.9 Å². The molecule has 0 saturated heterocycles. The Hall–Kier alpha value is -1.11. The summed E-state index contributed by atoms with van der Waals surface area (Å²) in [4.78, 5) is 0. The summed E-state index contributed by atoms with van der Waals surface area (Å²) in [5.74, 6) is 6.63. The average molecular weight is 375 g/mol. The first-order chi connectivity index (χ1) is 9.66. The van der Waals surface area contributed by atoms with E-state index in [1.54, 1.807) is 0 Å². The topological polar surface area (TPSA) is 25.8 Å². The Balaban J connectivity index is 2.53. The zero-order chi connectivity index (χ0) is 15.7. The molecule has 0 spiro atoms. The van der Waals surface area contributed by atoms with Crippen LogP contribution in [0, 0.1) is 22.9 Å². The van der Waals surface area contributed by atoms with Crippen molar-refractivity contribution in [2.24, 2.45) is 0 Å². The zero-order valence-corrected chi connectivity index (χ0v) is 17.2. The molecule has 2 rings (SSSR count). The van der Waals surface area contributed by atoms with Gasteiger partial charge in [0.1, 0.15) is 0 Å². The molecule has 1 aromatic heterocycles. The average Bonchev–Trinajstić information content (AvgIpc) is 2.81. The first kappa shape index (κ1) is 16.3. The minimum absolute atomic E-state index is 0.0468. The molecule has 21 heavy (non-hydrogen) atoms. The third kappa shape index (κ3) is 4.69. The number of rotatable bonds is 0. The van der Waals surface area contributed by atoms with Crippen LogP contribution in [0.5, 0.6) is 0 Å². The van der Waals surface area contributed by atoms with Crippen molar-refractivity contribution in [2.75, 3.05) is 0 Å². The van der Waals surface area contributed by atoms with Gasteiger partial charge in [-0.1, -0.05) is 0 Å². The molecular weight excluding hydrogens is 355 g/mol. The molecule has 0 atom stereocenters. The van der Waals surface area contributed by atoms with Crippen molar-refractivity contribution in [1.82, 2.24) is 7.96 Å². The first-order valence-electron chi connectivity index (χ1n) is 6.97. The fourth-order valence-corrected chi connectivity index (χ4v) is 3.80. The van der Waals surface area contributed by atoms with E-state index < -0.39 is 16.1 Å². The molecule has 2 aromatic rings. The molecule has 2 nitrogen and oxygen atoms in total. The van der Waals surface area contributed by atoms with Crippen LogP contribution in [0.3, 0.4) is 0 Å². The first-order valence-corrected chi connectivity index (χ1v) is 15.5. The molecule has 108 valence electrons. The van der Waals surface area contributed by atoms with Crippen LogP contribution in [0.2, 0.25) is 39.3 Å². The van der Waals surface area contributed by atoms with Crippen LogP contribution in [-0.2, 0) is 0 Å². The van der Waals surface area contributed by atoms with Gasteiger partial charge in [-0.25, -0.2) is 0 Å². The van der Waals surface area contributed by atoms with E-state index >= 15 is 0 Å². The molecule has 5 heteroatoms. The zero-order valence-electron chi connectivity index (χ0n) is 13.5. The van der Waals surface area contributed by atoms with Gasteiger partial charge in [-0.3, -0.25) is 0 Å². The van der Waals surface area contributed by atoms with Crippen LogP contribution in [-0.4, -0.2) is 39.1 Å². The van der Waals surface area contributed by atoms with Crippen molar-refractivity contribution >= 4 is 42.1 Å². The van der Waals surface area contributed by atoms with Crippen molar-refractivity contribution in [1.29, 1.82) is 0 Å². The molecule has 0 radical (unpaired) electrons. The monoisotopic (exact) mass is 376 g/mol. The van der Waals surface area contributed by atoms with E-state index in [0.29, 0.717) is 0 Å². The SMILES string of the molecule is C[Si](C)(C)C#Cc1ccc(C#C[Si](C)(C)C)c2n[se]nc12. The van der Waals surface area contributed by atoms with Gasteiger partial charge < -0.3 is 0 Å². The molecular formula is C16H20N2SeSi2. The van der Waals surface area contributed by atoms with E-state index in [2.05, 4.69) is 82.3 Å². The third-order valence-corrected chi connectivity index (χ3v) is 5.42. The number of hydrogen-bond donors (Lipinski definition) is 0. The Labute approximate surface area is 135 Å². The Kier molecular flexibility index (Phi) is 4.61. The molecule has 1 heterocycles. The van der Waals surface area contributed by atoms with Gasteiger partial charge in [-0.05, 0) is 0 Å². The van der Waals surface area contributed by atoms with Crippen LogP contribution < -0.4 is 0 Å². The van der Waals surface area contributed by atoms with E-state index in [0.717, 1.165) is 22.2 Å². The molecule has 0 bridgehead atoms. The summed E-state index contributed by atoms with van der Waals surface area (Å²) >= 11 is -0.0468. The fourth-order valence-electron chi connectivity index (χ4n) is 1.58. The summed E-state index contributed by atoms with van der Waals surface area (Å²) < 4.78 is 9.11. The van der Waals surface area contributed by atoms with Crippen molar-refractivity contribution in [3.05, 3.63) is 23.3 Å². The number of aromatic nitrogens is 2. The van der Waals surface area contributed by atoms with Gasteiger partial charge in [0.05, 0.1) is 0 Å². The predicted octanol–water partition coefficient (Wildman–Crippen LogP) is 3.14. The summed E-state index contributed by atoms with van der Waals surface area (Å²) in [6.45, 7) is 13.5. The summed E-state index contributed by atoms with van der Waals surface area (Å²) in [5, 5.41) is 0. The summed E-state index contributed by atoms with van der Waals surface area (Å²) in [7, 11) is -2.75. The molecule has 0 aliphatic heterocycles. The molecule has 0 N–H and O–H groups in total. The summed E-state index contributed by atoms with van der Waals surface area (Å²) in [6.07, 6.45) is 0. The van der Waals surface area contributed by atoms with E-state index in [4.69, 9.17) is 0 Å². The fraction of sp³-hybridized carbons (Fsp3) is 0.375. The molecule has 0 aliphatic carbocycles. The number of benzene rings is 1. The van der Waals surface area contributed by atoms with Crippen LogP contribution in [0.1, 0.15) is 11.1 Å². The van der Waals surface area contributed by atoms with Gasteiger partial charge in [-0.15, -0.1) is 0 Å². The van der Waals surface area contributed by atoms with Gasteiger partial charge in [0, 0.05) is 0 Å². The third-order valence-electron chi connectivity index (χ3n) is 2.56. The number of fused-ring (bicyclic) bond motifs is 1. The Bertz CT molecular complexity index is 721. The van der Waals surface area contributed by atoms with Crippen LogP contribution in [0.4, 0.5) is 0 Å². The maximum atomic E-state index is 4.56. The second-order valence-corrected chi connectivity index (χ2v) is 17.7. The van der Waals surface area contributed by atoms with Crippen molar-refractivity contribution in [3.63, 3.8) is 0 Å². The van der Waals surface area contributed by atoms with Gasteiger partial charge in [0.2, 0.25) is 0 Å². The van der Waals surface area contributed by atoms with E-state index in [-0.39, 0.29) is 15.0 Å². The normalized spacial score (nSPS) is 11.5. The number of hydrogen-bond acceptors (Lipinski definition) is 2. The van der Waals surface area contributed by atoms with Crippen LogP contribution >= 0.6 is 0 Å². The molecule has 0 aliphatic rings. The van der Waals surface area contributed by atoms with Crippen LogP contribution in [0.25, 0.3) is 11.0 Å². The molecule has 1 aromatic carbocycles. The van der Waals surface area contributed by atoms with Gasteiger partial charge in [0.25, 0.3) is 0 Å². The molecule has 0 fully saturated rings. The Morgan fingerprint density at radius 2 is 1.14 bits per heavy atom. The standard InChI is InChI=1S/C16H20N2SeSi2/c1-20(2,3)11-9-13-7-8-14(10-12-21(4,5)6)16-15(13)17-19-18-16/h7-8H,1-6H3. The molecule has 0 saturated carbocycles. The second kappa shape index (κ2) is 5.95. The quantitative estimate of drug-likeness (QED) is 0.522. The summed E-state index contributed by atoms with van der Waals surface area (Å²) in [5.41, 5.74) is 10.8. The molecule has 0 unspecified atom stereocenters. The minimum atomic E-state index is -1.38. The Morgan fingerprint density at radius 1 is 0.762 bits per heavy atom. The summed E-state index contributed by atoms with van der Waals surface area (Å²) in [6, 6.07) is 4.11. The van der Waals surface area contributed by atoms with E-state index in [9.17, 15) is 0 Å². The number of nitrogens with zero attached hydrogens (tertiary/aromatic N) is 2.